The van der Waals surface area contributed by atoms with E-state index in [2.05, 4.69) is 25.3 Å². The lowest BCUT2D eigenvalue weighted by molar-refractivity contribution is 0.115. The molecule has 1 aromatic carbocycles. The Hall–Kier alpha value is -3.86. The van der Waals surface area contributed by atoms with Crippen molar-refractivity contribution in [3.05, 3.63) is 93.8 Å². The Morgan fingerprint density at radius 3 is 2.59 bits per heavy atom. The fourth-order valence-electron chi connectivity index (χ4n) is 5.96. The van der Waals surface area contributed by atoms with Crippen LogP contribution in [0, 0.1) is 13.8 Å². The summed E-state index contributed by atoms with van der Waals surface area (Å²) in [6.07, 6.45) is 7.44. The predicted octanol–water partition coefficient (Wildman–Crippen LogP) is 4.35. The highest BCUT2D eigenvalue weighted by atomic mass is 35.5. The molecule has 10 nitrogen and oxygen atoms in total. The lowest BCUT2D eigenvalue weighted by atomic mass is 9.82. The van der Waals surface area contributed by atoms with Crippen molar-refractivity contribution in [1.29, 1.82) is 0 Å². The lowest BCUT2D eigenvalue weighted by Gasteiger charge is -2.32. The molecule has 4 aromatic heterocycles. The van der Waals surface area contributed by atoms with Crippen LogP contribution in [0.4, 0.5) is 0 Å². The van der Waals surface area contributed by atoms with Gasteiger partial charge in [-0.1, -0.05) is 28.9 Å². The SMILES string of the molecule is COc1nc2ccc(C(O)(c3ccc(C)nc3C)c3cnnn3C)cc2c(Cl)c1CN1CCC(n2cccn2)CC1. The minimum atomic E-state index is -1.57. The Morgan fingerprint density at radius 1 is 1.12 bits per heavy atom. The van der Waals surface area contributed by atoms with Crippen LogP contribution in [-0.4, -0.2) is 64.9 Å². The summed E-state index contributed by atoms with van der Waals surface area (Å²) in [4.78, 5) is 11.8. The zero-order valence-corrected chi connectivity index (χ0v) is 24.4. The van der Waals surface area contributed by atoms with E-state index in [0.29, 0.717) is 51.5 Å². The number of likely N-dealkylation sites (tertiary alicyclic amines) is 1. The normalized spacial score (nSPS) is 16.2. The Bertz CT molecular complexity index is 1690. The molecule has 1 saturated heterocycles. The van der Waals surface area contributed by atoms with Gasteiger partial charge < -0.3 is 9.84 Å². The number of hydrogen-bond acceptors (Lipinski definition) is 8. The molecule has 5 heterocycles. The number of hydrogen-bond donors (Lipinski definition) is 1. The number of benzene rings is 1. The highest BCUT2D eigenvalue weighted by Crippen LogP contribution is 2.41. The van der Waals surface area contributed by atoms with Crippen LogP contribution in [-0.2, 0) is 19.2 Å². The van der Waals surface area contributed by atoms with Crippen LogP contribution in [0.1, 0.15) is 52.7 Å². The summed E-state index contributed by atoms with van der Waals surface area (Å²) < 4.78 is 9.34. The number of aromatic nitrogens is 7. The van der Waals surface area contributed by atoms with Crippen LogP contribution in [0.3, 0.4) is 0 Å². The molecule has 41 heavy (non-hydrogen) atoms. The van der Waals surface area contributed by atoms with E-state index in [1.54, 1.807) is 25.0 Å². The van der Waals surface area contributed by atoms with E-state index in [4.69, 9.17) is 21.3 Å². The molecule has 0 bridgehead atoms. The van der Waals surface area contributed by atoms with Crippen molar-refractivity contribution in [2.24, 2.45) is 7.05 Å². The first-order valence-corrected chi connectivity index (χ1v) is 14.1. The van der Waals surface area contributed by atoms with Gasteiger partial charge in [0, 0.05) is 67.0 Å². The van der Waals surface area contributed by atoms with Crippen molar-refractivity contribution in [2.45, 2.75) is 44.9 Å². The average Bonchev–Trinajstić information content (AvgIpc) is 3.67. The molecule has 6 rings (SSSR count). The molecular formula is C30H33ClN8O2. The fraction of sp³-hybridized carbons (Fsp3) is 0.367. The molecule has 5 aromatic rings. The molecule has 0 radical (unpaired) electrons. The number of rotatable bonds is 7. The maximum absolute atomic E-state index is 12.5. The molecule has 1 N–H and O–H groups in total. The van der Waals surface area contributed by atoms with Gasteiger partial charge in [0.15, 0.2) is 5.60 Å². The predicted molar refractivity (Wildman–Crippen MR) is 156 cm³/mol. The number of piperidine rings is 1. The van der Waals surface area contributed by atoms with Crippen molar-refractivity contribution in [1.82, 2.24) is 39.6 Å². The number of pyridine rings is 2. The quantitative estimate of drug-likeness (QED) is 0.307. The van der Waals surface area contributed by atoms with E-state index in [9.17, 15) is 5.11 Å². The van der Waals surface area contributed by atoms with Gasteiger partial charge in [-0.15, -0.1) is 5.10 Å². The summed E-state index contributed by atoms with van der Waals surface area (Å²) in [5, 5.41) is 26.4. The van der Waals surface area contributed by atoms with Crippen LogP contribution in [0.2, 0.25) is 5.02 Å². The first-order chi connectivity index (χ1) is 19.8. The summed E-state index contributed by atoms with van der Waals surface area (Å²) in [5.74, 6) is 0.508. The molecule has 0 amide bonds. The molecule has 1 aliphatic heterocycles. The van der Waals surface area contributed by atoms with Crippen LogP contribution in [0.5, 0.6) is 5.88 Å². The van der Waals surface area contributed by atoms with Gasteiger partial charge in [0.1, 0.15) is 0 Å². The number of aliphatic hydroxyl groups is 1. The maximum Gasteiger partial charge on any atom is 0.219 e. The Kier molecular flexibility index (Phi) is 7.23. The third-order valence-electron chi connectivity index (χ3n) is 8.13. The van der Waals surface area contributed by atoms with Crippen LogP contribution >= 0.6 is 11.6 Å². The van der Waals surface area contributed by atoms with Crippen molar-refractivity contribution in [2.75, 3.05) is 20.2 Å². The average molecular weight is 573 g/mol. The zero-order valence-electron chi connectivity index (χ0n) is 23.6. The summed E-state index contributed by atoms with van der Waals surface area (Å²) >= 11 is 7.15. The second-order valence-electron chi connectivity index (χ2n) is 10.7. The number of aryl methyl sites for hydroxylation is 3. The van der Waals surface area contributed by atoms with Gasteiger partial charge in [0.2, 0.25) is 5.88 Å². The van der Waals surface area contributed by atoms with Gasteiger partial charge in [0.25, 0.3) is 0 Å². The van der Waals surface area contributed by atoms with Crippen molar-refractivity contribution < 1.29 is 9.84 Å². The van der Waals surface area contributed by atoms with Gasteiger partial charge in [-0.3, -0.25) is 14.6 Å². The van der Waals surface area contributed by atoms with E-state index < -0.39 is 5.60 Å². The van der Waals surface area contributed by atoms with Crippen molar-refractivity contribution in [3.63, 3.8) is 0 Å². The van der Waals surface area contributed by atoms with E-state index in [1.807, 2.05) is 67.3 Å². The minimum absolute atomic E-state index is 0.398. The monoisotopic (exact) mass is 572 g/mol. The summed E-state index contributed by atoms with van der Waals surface area (Å²) in [6.45, 7) is 6.25. The van der Waals surface area contributed by atoms with Gasteiger partial charge in [-0.25, -0.2) is 9.67 Å². The molecule has 0 saturated carbocycles. The second-order valence-corrected chi connectivity index (χ2v) is 11.1. The van der Waals surface area contributed by atoms with Crippen molar-refractivity contribution in [3.8, 4) is 5.88 Å². The number of ether oxygens (including phenoxy) is 1. The maximum atomic E-state index is 12.5. The topological polar surface area (TPSA) is 107 Å². The van der Waals surface area contributed by atoms with Gasteiger partial charge in [-0.05, 0) is 56.5 Å². The van der Waals surface area contributed by atoms with E-state index in [1.165, 1.54) is 0 Å². The lowest BCUT2D eigenvalue weighted by Crippen LogP contribution is -2.34. The van der Waals surface area contributed by atoms with Crippen molar-refractivity contribution >= 4 is 22.5 Å². The first-order valence-electron chi connectivity index (χ1n) is 13.7. The number of nitrogens with zero attached hydrogens (tertiary/aromatic N) is 8. The fourth-order valence-corrected chi connectivity index (χ4v) is 6.26. The molecule has 212 valence electrons. The van der Waals surface area contributed by atoms with Gasteiger partial charge in [0.05, 0.1) is 35.6 Å². The van der Waals surface area contributed by atoms with E-state index in [-0.39, 0.29) is 0 Å². The number of methoxy groups -OCH3 is 1. The Labute approximate surface area is 243 Å². The highest BCUT2D eigenvalue weighted by molar-refractivity contribution is 6.36. The Morgan fingerprint density at radius 2 is 1.93 bits per heavy atom. The van der Waals surface area contributed by atoms with E-state index >= 15 is 0 Å². The summed E-state index contributed by atoms with van der Waals surface area (Å²) in [6, 6.07) is 11.8. The first kappa shape index (κ1) is 27.3. The third-order valence-corrected chi connectivity index (χ3v) is 8.56. The van der Waals surface area contributed by atoms with Crippen LogP contribution in [0.15, 0.2) is 55.0 Å². The molecule has 1 unspecified atom stereocenters. The molecule has 11 heteroatoms. The number of fused-ring (bicyclic) bond motifs is 1. The summed E-state index contributed by atoms with van der Waals surface area (Å²) in [5.41, 5.74) is 3.30. The Balaban J connectivity index is 1.40. The highest BCUT2D eigenvalue weighted by Gasteiger charge is 2.39. The smallest absolute Gasteiger partial charge is 0.219 e. The molecule has 1 atom stereocenters. The third kappa shape index (κ3) is 4.86. The number of halogens is 1. The molecule has 1 fully saturated rings. The van der Waals surface area contributed by atoms with E-state index in [0.717, 1.165) is 42.6 Å². The summed E-state index contributed by atoms with van der Waals surface area (Å²) in [7, 11) is 3.38. The minimum Gasteiger partial charge on any atom is -0.481 e. The molecule has 0 spiro atoms. The van der Waals surface area contributed by atoms with Gasteiger partial charge in [-0.2, -0.15) is 5.10 Å². The van der Waals surface area contributed by atoms with Crippen LogP contribution < -0.4 is 4.74 Å². The standard InChI is InChI=1S/C30H33ClN8O2/c1-19-6-8-25(20(2)34-19)30(40,27-17-32-36-37(27)3)21-7-9-26-23(16-21)28(31)24(29(35-26)41-4)18-38-14-10-22(11-15-38)39-13-5-12-33-39/h5-9,12-13,16-17,22,40H,10-11,14-15,18H2,1-4H3. The second kappa shape index (κ2) is 10.8. The molecular weight excluding hydrogens is 540 g/mol. The molecule has 1 aliphatic rings. The largest absolute Gasteiger partial charge is 0.481 e. The van der Waals surface area contributed by atoms with Gasteiger partial charge >= 0.3 is 0 Å². The zero-order chi connectivity index (χ0) is 28.7. The molecule has 0 aliphatic carbocycles. The van der Waals surface area contributed by atoms with Crippen LogP contribution in [0.25, 0.3) is 10.9 Å².